The molecule has 1 aromatic carbocycles. The minimum Gasteiger partial charge on any atom is -0.0877 e. The Morgan fingerprint density at radius 3 is 3.00 bits per heavy atom. The van der Waals surface area contributed by atoms with Crippen LogP contribution in [0.3, 0.4) is 0 Å². The van der Waals surface area contributed by atoms with E-state index in [1.165, 1.54) is 32.1 Å². The van der Waals surface area contributed by atoms with Gasteiger partial charge in [0.1, 0.15) is 0 Å². The van der Waals surface area contributed by atoms with Crippen LogP contribution in [0.2, 0.25) is 0 Å². The normalized spacial score (nSPS) is 41.1. The molecule has 94 valence electrons. The highest BCUT2D eigenvalue weighted by atomic mass is 14.5. The highest BCUT2D eigenvalue weighted by Crippen LogP contribution is 2.58. The van der Waals surface area contributed by atoms with E-state index >= 15 is 0 Å². The third kappa shape index (κ3) is 1.38. The topological polar surface area (TPSA) is 0 Å². The summed E-state index contributed by atoms with van der Waals surface area (Å²) in [6.45, 7) is 2.50. The predicted octanol–water partition coefficient (Wildman–Crippen LogP) is 4.71. The molecule has 4 atom stereocenters. The summed E-state index contributed by atoms with van der Waals surface area (Å²) in [5, 5.41) is 0. The Labute approximate surface area is 110 Å². The van der Waals surface area contributed by atoms with E-state index < -0.39 is 0 Å². The maximum Gasteiger partial charge on any atom is -0.0112 e. The van der Waals surface area contributed by atoms with Gasteiger partial charge in [-0.3, -0.25) is 0 Å². The first-order valence-corrected chi connectivity index (χ1v) is 7.53. The van der Waals surface area contributed by atoms with E-state index in [0.29, 0.717) is 5.41 Å². The Balaban J connectivity index is 1.73. The van der Waals surface area contributed by atoms with E-state index in [2.05, 4.69) is 43.3 Å². The Kier molecular flexibility index (Phi) is 2.24. The molecule has 0 spiro atoms. The molecule has 1 fully saturated rings. The van der Waals surface area contributed by atoms with Crippen LogP contribution in [0.25, 0.3) is 0 Å². The third-order valence-electron chi connectivity index (χ3n) is 5.96. The van der Waals surface area contributed by atoms with E-state index in [0.717, 1.165) is 17.8 Å². The quantitative estimate of drug-likeness (QED) is 0.574. The summed E-state index contributed by atoms with van der Waals surface area (Å²) in [6.07, 6.45) is 11.8. The lowest BCUT2D eigenvalue weighted by Gasteiger charge is -2.49. The third-order valence-corrected chi connectivity index (χ3v) is 5.96. The SMILES string of the molecule is C[C@@]12C=CC[C@H]1[C@@H]1CCc3ccccc3[C@H]1CC2. The maximum absolute atomic E-state index is 2.52. The zero-order chi connectivity index (χ0) is 12.2. The van der Waals surface area contributed by atoms with Crippen LogP contribution in [-0.2, 0) is 6.42 Å². The van der Waals surface area contributed by atoms with Gasteiger partial charge in [0.05, 0.1) is 0 Å². The lowest BCUT2D eigenvalue weighted by Crippen LogP contribution is -2.39. The van der Waals surface area contributed by atoms with E-state index in [1.807, 2.05) is 0 Å². The molecule has 0 radical (unpaired) electrons. The largest absolute Gasteiger partial charge is 0.0877 e. The van der Waals surface area contributed by atoms with Crippen molar-refractivity contribution in [2.24, 2.45) is 17.3 Å². The minimum atomic E-state index is 0.521. The number of fused-ring (bicyclic) bond motifs is 5. The van der Waals surface area contributed by atoms with E-state index in [4.69, 9.17) is 0 Å². The molecular formula is C18H22. The van der Waals surface area contributed by atoms with Gasteiger partial charge >= 0.3 is 0 Å². The number of aryl methyl sites for hydroxylation is 1. The van der Waals surface area contributed by atoms with Gasteiger partial charge in [-0.25, -0.2) is 0 Å². The summed E-state index contributed by atoms with van der Waals surface area (Å²) in [7, 11) is 0. The summed E-state index contributed by atoms with van der Waals surface area (Å²) in [4.78, 5) is 0. The second-order valence-electron chi connectivity index (χ2n) is 6.80. The van der Waals surface area contributed by atoms with Crippen LogP contribution >= 0.6 is 0 Å². The fraction of sp³-hybridized carbons (Fsp3) is 0.556. The number of hydrogen-bond donors (Lipinski definition) is 0. The van der Waals surface area contributed by atoms with Crippen molar-refractivity contribution < 1.29 is 0 Å². The number of rotatable bonds is 0. The zero-order valence-electron chi connectivity index (χ0n) is 11.2. The molecule has 1 saturated carbocycles. The monoisotopic (exact) mass is 238 g/mol. The standard InChI is InChI=1S/C18H22/c1-18-11-4-7-17(18)16-9-8-13-5-2-3-6-14(13)15(16)10-12-18/h2-6,11,15-17H,7-10,12H2,1H3/t15-,16-,17+,18+/m1/s1. The van der Waals surface area contributed by atoms with Gasteiger partial charge in [-0.05, 0) is 66.4 Å². The Hall–Kier alpha value is -1.04. The van der Waals surface area contributed by atoms with Crippen LogP contribution in [0.4, 0.5) is 0 Å². The molecule has 1 aromatic rings. The average molecular weight is 238 g/mol. The summed E-state index contributed by atoms with van der Waals surface area (Å²) in [6, 6.07) is 9.20. The van der Waals surface area contributed by atoms with Gasteiger partial charge in [0.15, 0.2) is 0 Å². The van der Waals surface area contributed by atoms with Gasteiger partial charge in [0.2, 0.25) is 0 Å². The molecule has 3 aliphatic carbocycles. The van der Waals surface area contributed by atoms with E-state index in [1.54, 1.807) is 11.1 Å². The number of allylic oxidation sites excluding steroid dienone is 2. The smallest absolute Gasteiger partial charge is 0.0112 e. The van der Waals surface area contributed by atoms with Gasteiger partial charge in [0, 0.05) is 0 Å². The maximum atomic E-state index is 2.52. The molecule has 0 heteroatoms. The molecule has 0 unspecified atom stereocenters. The second-order valence-corrected chi connectivity index (χ2v) is 6.80. The number of benzene rings is 1. The summed E-state index contributed by atoms with van der Waals surface area (Å²) in [5.41, 5.74) is 3.84. The molecule has 0 N–H and O–H groups in total. The fourth-order valence-electron chi connectivity index (χ4n) is 5.00. The van der Waals surface area contributed by atoms with Gasteiger partial charge in [-0.1, -0.05) is 43.3 Å². The van der Waals surface area contributed by atoms with Crippen LogP contribution in [0.1, 0.15) is 49.7 Å². The molecule has 0 amide bonds. The van der Waals surface area contributed by atoms with Gasteiger partial charge in [0.25, 0.3) is 0 Å². The van der Waals surface area contributed by atoms with Crippen molar-refractivity contribution in [2.75, 3.05) is 0 Å². The first kappa shape index (κ1) is 10.8. The number of hydrogen-bond acceptors (Lipinski definition) is 0. The lowest BCUT2D eigenvalue weighted by molar-refractivity contribution is 0.0826. The summed E-state index contributed by atoms with van der Waals surface area (Å²) < 4.78 is 0. The first-order valence-electron chi connectivity index (χ1n) is 7.53. The van der Waals surface area contributed by atoms with Gasteiger partial charge in [-0.2, -0.15) is 0 Å². The molecule has 18 heavy (non-hydrogen) atoms. The Morgan fingerprint density at radius 1 is 1.17 bits per heavy atom. The Bertz CT molecular complexity index is 499. The van der Waals surface area contributed by atoms with Crippen molar-refractivity contribution in [2.45, 2.75) is 44.9 Å². The predicted molar refractivity (Wildman–Crippen MR) is 75.6 cm³/mol. The van der Waals surface area contributed by atoms with Crippen molar-refractivity contribution in [3.05, 3.63) is 47.5 Å². The zero-order valence-corrected chi connectivity index (χ0v) is 11.2. The van der Waals surface area contributed by atoms with E-state index in [9.17, 15) is 0 Å². The average Bonchev–Trinajstić information content (AvgIpc) is 2.80. The van der Waals surface area contributed by atoms with E-state index in [-0.39, 0.29) is 0 Å². The molecule has 3 aliphatic rings. The first-order chi connectivity index (χ1) is 8.78. The molecule has 4 rings (SSSR count). The highest BCUT2D eigenvalue weighted by molar-refractivity contribution is 5.35. The molecule has 0 aliphatic heterocycles. The molecule has 0 aromatic heterocycles. The van der Waals surface area contributed by atoms with Crippen LogP contribution < -0.4 is 0 Å². The molecule has 0 nitrogen and oxygen atoms in total. The van der Waals surface area contributed by atoms with Crippen molar-refractivity contribution >= 4 is 0 Å². The highest BCUT2D eigenvalue weighted by Gasteiger charge is 2.48. The van der Waals surface area contributed by atoms with Crippen LogP contribution in [0, 0.1) is 17.3 Å². The molecular weight excluding hydrogens is 216 g/mol. The van der Waals surface area contributed by atoms with Crippen molar-refractivity contribution in [3.63, 3.8) is 0 Å². The molecule has 0 bridgehead atoms. The second kappa shape index (κ2) is 3.73. The van der Waals surface area contributed by atoms with Crippen LogP contribution in [-0.4, -0.2) is 0 Å². The van der Waals surface area contributed by atoms with Crippen molar-refractivity contribution in [3.8, 4) is 0 Å². The fourth-order valence-corrected chi connectivity index (χ4v) is 5.00. The van der Waals surface area contributed by atoms with Gasteiger partial charge in [-0.15, -0.1) is 0 Å². The molecule has 0 saturated heterocycles. The minimum absolute atomic E-state index is 0.521. The lowest BCUT2D eigenvalue weighted by atomic mass is 9.56. The van der Waals surface area contributed by atoms with Crippen molar-refractivity contribution in [1.29, 1.82) is 0 Å². The van der Waals surface area contributed by atoms with Crippen molar-refractivity contribution in [1.82, 2.24) is 0 Å². The van der Waals surface area contributed by atoms with Gasteiger partial charge < -0.3 is 0 Å². The summed E-state index contributed by atoms with van der Waals surface area (Å²) >= 11 is 0. The Morgan fingerprint density at radius 2 is 2.06 bits per heavy atom. The molecule has 0 heterocycles. The van der Waals surface area contributed by atoms with Crippen LogP contribution in [0.5, 0.6) is 0 Å². The summed E-state index contributed by atoms with van der Waals surface area (Å²) in [5.74, 6) is 2.71. The van der Waals surface area contributed by atoms with Crippen LogP contribution in [0.15, 0.2) is 36.4 Å².